The minimum Gasteiger partial charge on any atom is -0.395 e. The summed E-state index contributed by atoms with van der Waals surface area (Å²) in [7, 11) is 0. The number of aliphatic hydroxyl groups excluding tert-OH is 1. The maximum atomic E-state index is 13.3. The van der Waals surface area contributed by atoms with E-state index in [0.717, 1.165) is 0 Å². The fourth-order valence-electron chi connectivity index (χ4n) is 0.868. The van der Waals surface area contributed by atoms with E-state index in [9.17, 15) is 4.39 Å². The van der Waals surface area contributed by atoms with Crippen molar-refractivity contribution in [2.75, 3.05) is 6.61 Å². The summed E-state index contributed by atoms with van der Waals surface area (Å²) in [5, 5.41) is 8.51. The molecule has 0 aliphatic heterocycles. The molecule has 0 fully saturated rings. The van der Waals surface area contributed by atoms with Crippen molar-refractivity contribution in [2.45, 2.75) is 6.42 Å². The van der Waals surface area contributed by atoms with E-state index in [1.807, 2.05) is 0 Å². The number of halogens is 3. The molecule has 1 rings (SSSR count). The van der Waals surface area contributed by atoms with Crippen molar-refractivity contribution in [3.8, 4) is 11.8 Å². The Labute approximate surface area is 98.6 Å². The number of hydrogen-bond donors (Lipinski definition) is 1. The number of hydrogen-bond acceptors (Lipinski definition) is 1. The molecule has 1 N–H and O–H groups in total. The molecule has 0 saturated heterocycles. The topological polar surface area (TPSA) is 20.2 Å². The Morgan fingerprint density at radius 1 is 1.36 bits per heavy atom. The van der Waals surface area contributed by atoms with Crippen molar-refractivity contribution in [3.63, 3.8) is 0 Å². The summed E-state index contributed by atoms with van der Waals surface area (Å²) in [6.07, 6.45) is 0.349. The van der Waals surface area contributed by atoms with Crippen molar-refractivity contribution < 1.29 is 9.50 Å². The molecule has 0 spiro atoms. The van der Waals surface area contributed by atoms with Crippen LogP contribution in [0, 0.1) is 17.7 Å². The Bertz CT molecular complexity index is 370. The molecule has 1 nitrogen and oxygen atoms in total. The average molecular weight is 322 g/mol. The number of aliphatic hydroxyl groups is 1. The van der Waals surface area contributed by atoms with Crippen LogP contribution in [0.3, 0.4) is 0 Å². The Kier molecular flexibility index (Phi) is 4.59. The zero-order valence-corrected chi connectivity index (χ0v) is 10.3. The van der Waals surface area contributed by atoms with Crippen molar-refractivity contribution in [1.82, 2.24) is 0 Å². The van der Waals surface area contributed by atoms with Crippen LogP contribution in [0.1, 0.15) is 12.0 Å². The van der Waals surface area contributed by atoms with Gasteiger partial charge in [-0.3, -0.25) is 0 Å². The molecule has 1 aromatic carbocycles. The van der Waals surface area contributed by atoms with Crippen LogP contribution in [-0.2, 0) is 0 Å². The summed E-state index contributed by atoms with van der Waals surface area (Å²) in [6, 6.07) is 3.08. The minimum atomic E-state index is -0.378. The highest BCUT2D eigenvalue weighted by atomic mass is 79.9. The molecular formula is C10H7Br2FO. The fourth-order valence-corrected chi connectivity index (χ4v) is 2.14. The van der Waals surface area contributed by atoms with Gasteiger partial charge in [0, 0.05) is 15.4 Å². The zero-order chi connectivity index (χ0) is 10.6. The Morgan fingerprint density at radius 2 is 2.07 bits per heavy atom. The molecule has 1 aromatic rings. The van der Waals surface area contributed by atoms with Crippen LogP contribution in [0.5, 0.6) is 0 Å². The van der Waals surface area contributed by atoms with Gasteiger partial charge in [0.15, 0.2) is 0 Å². The number of benzene rings is 1. The summed E-state index contributed by atoms with van der Waals surface area (Å²) in [4.78, 5) is 0. The normalized spacial score (nSPS) is 9.43. The van der Waals surface area contributed by atoms with Gasteiger partial charge in [0.25, 0.3) is 0 Å². The van der Waals surface area contributed by atoms with E-state index >= 15 is 0 Å². The van der Waals surface area contributed by atoms with Crippen LogP contribution in [0.15, 0.2) is 21.1 Å². The van der Waals surface area contributed by atoms with Crippen molar-refractivity contribution in [1.29, 1.82) is 0 Å². The van der Waals surface area contributed by atoms with Gasteiger partial charge in [0.05, 0.1) is 12.2 Å². The van der Waals surface area contributed by atoms with E-state index in [1.54, 1.807) is 6.07 Å². The lowest BCUT2D eigenvalue weighted by Gasteiger charge is -1.99. The van der Waals surface area contributed by atoms with Crippen LogP contribution in [0.25, 0.3) is 0 Å². The van der Waals surface area contributed by atoms with E-state index in [-0.39, 0.29) is 12.4 Å². The van der Waals surface area contributed by atoms with E-state index in [2.05, 4.69) is 43.7 Å². The van der Waals surface area contributed by atoms with E-state index < -0.39 is 0 Å². The summed E-state index contributed by atoms with van der Waals surface area (Å²) in [5.41, 5.74) is 0.321. The van der Waals surface area contributed by atoms with Gasteiger partial charge in [-0.15, -0.1) is 0 Å². The lowest BCUT2D eigenvalue weighted by Crippen LogP contribution is -1.86. The molecular weight excluding hydrogens is 315 g/mol. The summed E-state index contributed by atoms with van der Waals surface area (Å²) in [6.45, 7) is -0.0111. The molecule has 0 heterocycles. The SMILES string of the molecule is OCCC#Cc1c(F)cc(Br)cc1Br. The van der Waals surface area contributed by atoms with Crippen molar-refractivity contribution in [3.05, 3.63) is 32.5 Å². The Morgan fingerprint density at radius 3 is 2.64 bits per heavy atom. The number of rotatable bonds is 1. The van der Waals surface area contributed by atoms with Crippen molar-refractivity contribution >= 4 is 31.9 Å². The third kappa shape index (κ3) is 3.09. The lowest BCUT2D eigenvalue weighted by molar-refractivity contribution is 0.305. The standard InChI is InChI=1S/C10H7Br2FO/c11-7-5-9(12)8(10(13)6-7)3-1-2-4-14/h5-6,14H,2,4H2. The largest absolute Gasteiger partial charge is 0.395 e. The minimum absolute atomic E-state index is 0.0111. The Hall–Kier alpha value is -0.370. The molecule has 4 heteroatoms. The average Bonchev–Trinajstić information content (AvgIpc) is 2.09. The first-order valence-corrected chi connectivity index (χ1v) is 5.48. The van der Waals surface area contributed by atoms with Crippen LogP contribution < -0.4 is 0 Å². The van der Waals surface area contributed by atoms with Crippen LogP contribution >= 0.6 is 31.9 Å². The fraction of sp³-hybridized carbons (Fsp3) is 0.200. The molecule has 0 atom stereocenters. The van der Waals surface area contributed by atoms with Gasteiger partial charge < -0.3 is 5.11 Å². The highest BCUT2D eigenvalue weighted by Crippen LogP contribution is 2.24. The second kappa shape index (κ2) is 5.50. The molecule has 0 bridgehead atoms. The van der Waals surface area contributed by atoms with Crippen LogP contribution in [-0.4, -0.2) is 11.7 Å². The Balaban J connectivity index is 3.04. The van der Waals surface area contributed by atoms with Gasteiger partial charge in [-0.05, 0) is 28.1 Å². The van der Waals surface area contributed by atoms with E-state index in [1.165, 1.54) is 6.07 Å². The van der Waals surface area contributed by atoms with E-state index in [4.69, 9.17) is 5.11 Å². The highest BCUT2D eigenvalue weighted by Gasteiger charge is 2.05. The molecule has 0 aliphatic rings. The molecule has 0 radical (unpaired) electrons. The molecule has 0 amide bonds. The van der Waals surface area contributed by atoms with Crippen LogP contribution in [0.4, 0.5) is 4.39 Å². The summed E-state index contributed by atoms with van der Waals surface area (Å²) < 4.78 is 14.6. The summed E-state index contributed by atoms with van der Waals surface area (Å²) in [5.74, 6) is 4.95. The maximum absolute atomic E-state index is 13.3. The molecule has 14 heavy (non-hydrogen) atoms. The predicted molar refractivity (Wildman–Crippen MR) is 60.4 cm³/mol. The monoisotopic (exact) mass is 320 g/mol. The second-order valence-corrected chi connectivity index (χ2v) is 4.29. The van der Waals surface area contributed by atoms with Gasteiger partial charge in [-0.1, -0.05) is 27.8 Å². The molecule has 0 aliphatic carbocycles. The lowest BCUT2D eigenvalue weighted by atomic mass is 10.2. The smallest absolute Gasteiger partial charge is 0.141 e. The molecule has 0 unspecified atom stereocenters. The first-order valence-electron chi connectivity index (χ1n) is 3.89. The van der Waals surface area contributed by atoms with Gasteiger partial charge in [-0.2, -0.15) is 0 Å². The highest BCUT2D eigenvalue weighted by molar-refractivity contribution is 9.11. The van der Waals surface area contributed by atoms with Crippen LogP contribution in [0.2, 0.25) is 0 Å². The second-order valence-electron chi connectivity index (χ2n) is 2.52. The van der Waals surface area contributed by atoms with Gasteiger partial charge in [0.2, 0.25) is 0 Å². The zero-order valence-electron chi connectivity index (χ0n) is 7.15. The molecule has 0 saturated carbocycles. The van der Waals surface area contributed by atoms with Gasteiger partial charge in [-0.25, -0.2) is 4.39 Å². The predicted octanol–water partition coefficient (Wildman–Crippen LogP) is 3.08. The van der Waals surface area contributed by atoms with Crippen molar-refractivity contribution in [2.24, 2.45) is 0 Å². The quantitative estimate of drug-likeness (QED) is 0.788. The van der Waals surface area contributed by atoms with E-state index in [0.29, 0.717) is 20.9 Å². The summed E-state index contributed by atoms with van der Waals surface area (Å²) >= 11 is 6.39. The van der Waals surface area contributed by atoms with Gasteiger partial charge in [0.1, 0.15) is 5.82 Å². The first kappa shape index (κ1) is 11.7. The molecule has 74 valence electrons. The van der Waals surface area contributed by atoms with Gasteiger partial charge >= 0.3 is 0 Å². The maximum Gasteiger partial charge on any atom is 0.141 e. The molecule has 0 aromatic heterocycles. The first-order chi connectivity index (χ1) is 6.65. The third-order valence-corrected chi connectivity index (χ3v) is 2.54. The third-order valence-electron chi connectivity index (χ3n) is 1.46.